The van der Waals surface area contributed by atoms with Gasteiger partial charge in [-0.25, -0.2) is 9.78 Å². The Kier molecular flexibility index (Phi) is 4.41. The van der Waals surface area contributed by atoms with Crippen molar-refractivity contribution in [2.45, 2.75) is 33.3 Å². The van der Waals surface area contributed by atoms with Crippen LogP contribution in [-0.2, 0) is 4.74 Å². The Bertz CT molecular complexity index is 798. The Labute approximate surface area is 147 Å². The molecule has 0 N–H and O–H groups in total. The van der Waals surface area contributed by atoms with Gasteiger partial charge in [-0.15, -0.1) is 0 Å². The molecule has 0 spiro atoms. The van der Waals surface area contributed by atoms with E-state index >= 15 is 0 Å². The van der Waals surface area contributed by atoms with Gasteiger partial charge in [0.1, 0.15) is 16.9 Å². The van der Waals surface area contributed by atoms with Crippen molar-refractivity contribution in [3.8, 4) is 0 Å². The molecule has 134 valence electrons. The molecule has 0 unspecified atom stereocenters. The first-order valence-electron chi connectivity index (χ1n) is 8.47. The molecule has 0 aliphatic carbocycles. The van der Waals surface area contributed by atoms with Gasteiger partial charge in [0.25, 0.3) is 5.91 Å². The molecule has 3 heterocycles. The van der Waals surface area contributed by atoms with E-state index in [4.69, 9.17) is 4.74 Å². The summed E-state index contributed by atoms with van der Waals surface area (Å²) in [7, 11) is 0. The van der Waals surface area contributed by atoms with Gasteiger partial charge in [0.15, 0.2) is 0 Å². The number of ether oxygens (including phenoxy) is 1. The number of nitrogens with zero attached hydrogens (tertiary/aromatic N) is 4. The van der Waals surface area contributed by atoms with Crippen LogP contribution in [0.5, 0.6) is 0 Å². The van der Waals surface area contributed by atoms with E-state index in [2.05, 4.69) is 4.98 Å². The van der Waals surface area contributed by atoms with Gasteiger partial charge in [0.2, 0.25) is 0 Å². The van der Waals surface area contributed by atoms with Crippen molar-refractivity contribution in [1.82, 2.24) is 19.2 Å². The molecular formula is C18H24N4O3. The lowest BCUT2D eigenvalue weighted by atomic mass is 10.2. The van der Waals surface area contributed by atoms with Gasteiger partial charge in [-0.05, 0) is 39.8 Å². The first-order chi connectivity index (χ1) is 11.8. The summed E-state index contributed by atoms with van der Waals surface area (Å²) in [6.07, 6.45) is 1.52. The van der Waals surface area contributed by atoms with Crippen LogP contribution in [0.2, 0.25) is 0 Å². The van der Waals surface area contributed by atoms with Gasteiger partial charge < -0.3 is 14.5 Å². The number of aromatic nitrogens is 2. The van der Waals surface area contributed by atoms with Crippen molar-refractivity contribution < 1.29 is 14.3 Å². The Morgan fingerprint density at radius 3 is 2.36 bits per heavy atom. The fourth-order valence-corrected chi connectivity index (χ4v) is 2.94. The maximum Gasteiger partial charge on any atom is 0.410 e. The zero-order chi connectivity index (χ0) is 18.2. The standard InChI is InChI=1S/C18H24N4O3/c1-13-15(22-8-6-5-7-14(22)19-13)16(23)20-9-11-21(12-10-20)17(24)25-18(2,3)4/h5-8H,9-12H2,1-4H3. The molecular weight excluding hydrogens is 320 g/mol. The minimum absolute atomic E-state index is 0.0555. The SMILES string of the molecule is Cc1nc2ccccn2c1C(=O)N1CCN(C(=O)OC(C)(C)C)CC1. The normalized spacial score (nSPS) is 15.5. The lowest BCUT2D eigenvalue weighted by Crippen LogP contribution is -2.51. The third-order valence-corrected chi connectivity index (χ3v) is 4.13. The number of fused-ring (bicyclic) bond motifs is 1. The lowest BCUT2D eigenvalue weighted by molar-refractivity contribution is 0.0140. The van der Waals surface area contributed by atoms with Crippen molar-refractivity contribution in [3.63, 3.8) is 0 Å². The molecule has 0 radical (unpaired) electrons. The van der Waals surface area contributed by atoms with E-state index < -0.39 is 5.60 Å². The zero-order valence-electron chi connectivity index (χ0n) is 15.2. The zero-order valence-corrected chi connectivity index (χ0v) is 15.2. The van der Waals surface area contributed by atoms with Crippen LogP contribution in [0.4, 0.5) is 4.79 Å². The fraction of sp³-hybridized carbons (Fsp3) is 0.500. The average molecular weight is 344 g/mol. The Hall–Kier alpha value is -2.57. The number of hydrogen-bond acceptors (Lipinski definition) is 4. The summed E-state index contributed by atoms with van der Waals surface area (Å²) >= 11 is 0. The third kappa shape index (κ3) is 3.60. The van der Waals surface area contributed by atoms with E-state index in [1.54, 1.807) is 9.80 Å². The first kappa shape index (κ1) is 17.3. The Morgan fingerprint density at radius 2 is 1.72 bits per heavy atom. The molecule has 7 nitrogen and oxygen atoms in total. The number of carbonyl (C=O) groups excluding carboxylic acids is 2. The average Bonchev–Trinajstić information content (AvgIpc) is 2.88. The van der Waals surface area contributed by atoms with E-state index in [0.717, 1.165) is 5.65 Å². The predicted octanol–water partition coefficient (Wildman–Crippen LogP) is 2.34. The molecule has 0 atom stereocenters. The predicted molar refractivity (Wildman–Crippen MR) is 93.6 cm³/mol. The van der Waals surface area contributed by atoms with Crippen LogP contribution in [0, 0.1) is 6.92 Å². The maximum atomic E-state index is 12.9. The number of pyridine rings is 1. The van der Waals surface area contributed by atoms with Crippen LogP contribution in [0.1, 0.15) is 37.0 Å². The molecule has 1 aliphatic rings. The quantitative estimate of drug-likeness (QED) is 0.796. The first-order valence-corrected chi connectivity index (χ1v) is 8.47. The lowest BCUT2D eigenvalue weighted by Gasteiger charge is -2.35. The molecule has 2 aromatic heterocycles. The topological polar surface area (TPSA) is 67.2 Å². The molecule has 1 fully saturated rings. The summed E-state index contributed by atoms with van der Waals surface area (Å²) in [5.41, 5.74) is 1.54. The van der Waals surface area contributed by atoms with Crippen molar-refractivity contribution in [1.29, 1.82) is 0 Å². The van der Waals surface area contributed by atoms with Gasteiger partial charge in [-0.2, -0.15) is 0 Å². The minimum atomic E-state index is -0.516. The largest absolute Gasteiger partial charge is 0.444 e. The van der Waals surface area contributed by atoms with Gasteiger partial charge in [-0.3, -0.25) is 9.20 Å². The number of hydrogen-bond donors (Lipinski definition) is 0. The number of aryl methyl sites for hydroxylation is 1. The number of piperazine rings is 1. The second kappa shape index (κ2) is 6.38. The summed E-state index contributed by atoms with van der Waals surface area (Å²) in [4.78, 5) is 32.9. The Balaban J connectivity index is 1.69. The maximum absolute atomic E-state index is 12.9. The molecule has 2 amide bonds. The van der Waals surface area contributed by atoms with Crippen LogP contribution in [0.15, 0.2) is 24.4 Å². The van der Waals surface area contributed by atoms with Crippen molar-refractivity contribution >= 4 is 17.6 Å². The minimum Gasteiger partial charge on any atom is -0.444 e. The molecule has 1 aliphatic heterocycles. The summed E-state index contributed by atoms with van der Waals surface area (Å²) in [6, 6.07) is 5.66. The molecule has 0 bridgehead atoms. The van der Waals surface area contributed by atoms with Gasteiger partial charge >= 0.3 is 6.09 Å². The highest BCUT2D eigenvalue weighted by Gasteiger charge is 2.29. The van der Waals surface area contributed by atoms with E-state index in [9.17, 15) is 9.59 Å². The molecule has 0 saturated carbocycles. The Morgan fingerprint density at radius 1 is 1.08 bits per heavy atom. The summed E-state index contributed by atoms with van der Waals surface area (Å²) in [5.74, 6) is -0.0555. The van der Waals surface area contributed by atoms with Crippen molar-refractivity contribution in [2.24, 2.45) is 0 Å². The number of rotatable bonds is 1. The summed E-state index contributed by atoms with van der Waals surface area (Å²) < 4.78 is 7.21. The van der Waals surface area contributed by atoms with Gasteiger partial charge in [0.05, 0.1) is 5.69 Å². The van der Waals surface area contributed by atoms with Crippen LogP contribution in [0.25, 0.3) is 5.65 Å². The highest BCUT2D eigenvalue weighted by molar-refractivity contribution is 5.94. The van der Waals surface area contributed by atoms with Crippen molar-refractivity contribution in [2.75, 3.05) is 26.2 Å². The third-order valence-electron chi connectivity index (χ3n) is 4.13. The van der Waals surface area contributed by atoms with E-state index in [1.807, 2.05) is 56.5 Å². The highest BCUT2D eigenvalue weighted by atomic mass is 16.6. The second-order valence-corrected chi connectivity index (χ2v) is 7.23. The van der Waals surface area contributed by atoms with Gasteiger partial charge in [-0.1, -0.05) is 6.07 Å². The highest BCUT2D eigenvalue weighted by Crippen LogP contribution is 2.17. The van der Waals surface area contributed by atoms with Crippen LogP contribution in [0.3, 0.4) is 0 Å². The molecule has 1 saturated heterocycles. The number of imidazole rings is 1. The summed E-state index contributed by atoms with van der Waals surface area (Å²) in [5, 5.41) is 0. The van der Waals surface area contributed by atoms with E-state index in [-0.39, 0.29) is 12.0 Å². The molecule has 25 heavy (non-hydrogen) atoms. The number of carbonyl (C=O) groups is 2. The molecule has 0 aromatic carbocycles. The van der Waals surface area contributed by atoms with Gasteiger partial charge in [0, 0.05) is 32.4 Å². The van der Waals surface area contributed by atoms with Crippen LogP contribution < -0.4 is 0 Å². The smallest absolute Gasteiger partial charge is 0.410 e. The van der Waals surface area contributed by atoms with E-state index in [1.165, 1.54) is 0 Å². The number of amides is 2. The van der Waals surface area contributed by atoms with Crippen LogP contribution in [-0.4, -0.2) is 63.0 Å². The van der Waals surface area contributed by atoms with Crippen LogP contribution >= 0.6 is 0 Å². The monoisotopic (exact) mass is 344 g/mol. The van der Waals surface area contributed by atoms with Crippen molar-refractivity contribution in [3.05, 3.63) is 35.8 Å². The molecule has 7 heteroatoms. The summed E-state index contributed by atoms with van der Waals surface area (Å²) in [6.45, 7) is 9.29. The molecule has 2 aromatic rings. The van der Waals surface area contributed by atoms with E-state index in [0.29, 0.717) is 37.6 Å². The molecule has 3 rings (SSSR count). The second-order valence-electron chi connectivity index (χ2n) is 7.23. The fourth-order valence-electron chi connectivity index (χ4n) is 2.94.